The topological polar surface area (TPSA) is 99.1 Å². The lowest BCUT2D eigenvalue weighted by Gasteiger charge is -2.09. The smallest absolute Gasteiger partial charge is 0.266 e. The van der Waals surface area contributed by atoms with E-state index in [-0.39, 0.29) is 10.5 Å². The zero-order valence-electron chi connectivity index (χ0n) is 12.9. The van der Waals surface area contributed by atoms with E-state index in [2.05, 4.69) is 10.3 Å². The van der Waals surface area contributed by atoms with Crippen molar-refractivity contribution in [2.75, 3.05) is 0 Å². The molecule has 3 aromatic carbocycles. The number of carbonyl (C=O) groups is 1. The van der Waals surface area contributed by atoms with Crippen molar-refractivity contribution in [2.45, 2.75) is 4.90 Å². The molecule has 7 heteroatoms. The molecule has 2 N–H and O–H groups in total. The molecule has 0 aliphatic rings. The van der Waals surface area contributed by atoms with E-state index in [4.69, 9.17) is 5.26 Å². The van der Waals surface area contributed by atoms with E-state index in [0.29, 0.717) is 5.56 Å². The molecule has 3 rings (SSSR count). The largest absolute Gasteiger partial charge is 0.273 e. The highest BCUT2D eigenvalue weighted by Gasteiger charge is 2.16. The second-order valence-corrected chi connectivity index (χ2v) is 6.94. The van der Waals surface area contributed by atoms with Crippen LogP contribution in [-0.2, 0) is 10.0 Å². The third-order valence-electron chi connectivity index (χ3n) is 3.61. The third kappa shape index (κ3) is 3.66. The van der Waals surface area contributed by atoms with Crippen LogP contribution in [0.1, 0.15) is 15.9 Å². The fraction of sp³-hybridized carbons (Fsp3) is 0. The number of hydrogen-bond donors (Lipinski definition) is 2. The van der Waals surface area contributed by atoms with E-state index >= 15 is 0 Å². The maximum Gasteiger partial charge on any atom is 0.266 e. The molecule has 0 atom stereocenters. The van der Waals surface area contributed by atoms with E-state index in [0.717, 1.165) is 10.8 Å². The van der Waals surface area contributed by atoms with Crippen molar-refractivity contribution in [2.24, 2.45) is 0 Å². The number of sulfonamides is 1. The molecular formula is C18H13N3O3S. The van der Waals surface area contributed by atoms with Gasteiger partial charge in [0, 0.05) is 5.56 Å². The Labute approximate surface area is 144 Å². The summed E-state index contributed by atoms with van der Waals surface area (Å²) in [7, 11) is -3.90. The third-order valence-corrected chi connectivity index (χ3v) is 4.85. The van der Waals surface area contributed by atoms with Gasteiger partial charge in [0.25, 0.3) is 15.9 Å². The summed E-state index contributed by atoms with van der Waals surface area (Å²) in [6.07, 6.45) is 0. The van der Waals surface area contributed by atoms with Crippen LogP contribution in [0.15, 0.2) is 71.6 Å². The van der Waals surface area contributed by atoms with Gasteiger partial charge in [-0.05, 0) is 47.2 Å². The Morgan fingerprint density at radius 2 is 1.60 bits per heavy atom. The summed E-state index contributed by atoms with van der Waals surface area (Å²) in [6.45, 7) is 0. The highest BCUT2D eigenvalue weighted by Crippen LogP contribution is 2.18. The molecule has 0 saturated heterocycles. The van der Waals surface area contributed by atoms with Gasteiger partial charge >= 0.3 is 0 Å². The minimum absolute atomic E-state index is 0.0475. The number of nitrogens with zero attached hydrogens (tertiary/aromatic N) is 1. The van der Waals surface area contributed by atoms with Crippen LogP contribution in [0.3, 0.4) is 0 Å². The molecule has 6 nitrogen and oxygen atoms in total. The number of hydrazine groups is 1. The molecule has 3 aromatic rings. The Morgan fingerprint density at radius 3 is 2.28 bits per heavy atom. The molecule has 1 amide bonds. The number of hydrogen-bond acceptors (Lipinski definition) is 4. The average Bonchev–Trinajstić information content (AvgIpc) is 2.66. The molecule has 25 heavy (non-hydrogen) atoms. The van der Waals surface area contributed by atoms with Crippen LogP contribution in [-0.4, -0.2) is 14.3 Å². The van der Waals surface area contributed by atoms with Crippen LogP contribution >= 0.6 is 0 Å². The maximum atomic E-state index is 12.3. The minimum Gasteiger partial charge on any atom is -0.273 e. The standard InChI is InChI=1S/C18H13N3O3S/c19-12-13-5-7-15(8-6-13)18(22)20-21-25(23,24)17-10-9-14-3-1-2-4-16(14)11-17/h1-11,21H,(H,20,22). The van der Waals surface area contributed by atoms with Crippen LogP contribution < -0.4 is 10.3 Å². The number of nitriles is 1. The average molecular weight is 351 g/mol. The number of carbonyl (C=O) groups excluding carboxylic acids is 1. The molecule has 0 fully saturated rings. The number of benzene rings is 3. The van der Waals surface area contributed by atoms with Crippen molar-refractivity contribution in [1.29, 1.82) is 5.26 Å². The van der Waals surface area contributed by atoms with Gasteiger partial charge in [0.05, 0.1) is 16.5 Å². The number of fused-ring (bicyclic) bond motifs is 1. The lowest BCUT2D eigenvalue weighted by atomic mass is 10.1. The predicted octanol–water partition coefficient (Wildman–Crippen LogP) is 2.33. The van der Waals surface area contributed by atoms with Gasteiger partial charge in [0.15, 0.2) is 0 Å². The van der Waals surface area contributed by atoms with Crippen LogP contribution in [0, 0.1) is 11.3 Å². The molecule has 0 heterocycles. The van der Waals surface area contributed by atoms with Gasteiger partial charge in [-0.25, -0.2) is 8.42 Å². The minimum atomic E-state index is -3.90. The van der Waals surface area contributed by atoms with E-state index in [1.807, 2.05) is 30.3 Å². The lowest BCUT2D eigenvalue weighted by Crippen LogP contribution is -2.41. The summed E-state index contributed by atoms with van der Waals surface area (Å²) >= 11 is 0. The van der Waals surface area contributed by atoms with Crippen molar-refractivity contribution < 1.29 is 13.2 Å². The van der Waals surface area contributed by atoms with Crippen LogP contribution in [0.5, 0.6) is 0 Å². The summed E-state index contributed by atoms with van der Waals surface area (Å²) < 4.78 is 24.7. The fourth-order valence-electron chi connectivity index (χ4n) is 2.28. The molecular weight excluding hydrogens is 338 g/mol. The predicted molar refractivity (Wildman–Crippen MR) is 92.9 cm³/mol. The van der Waals surface area contributed by atoms with Crippen molar-refractivity contribution in [3.05, 3.63) is 77.9 Å². The monoisotopic (exact) mass is 351 g/mol. The molecule has 0 aliphatic heterocycles. The van der Waals surface area contributed by atoms with Gasteiger partial charge in [0.2, 0.25) is 0 Å². The zero-order chi connectivity index (χ0) is 17.9. The van der Waals surface area contributed by atoms with E-state index in [1.54, 1.807) is 6.07 Å². The maximum absolute atomic E-state index is 12.3. The highest BCUT2D eigenvalue weighted by atomic mass is 32.2. The molecule has 0 saturated carbocycles. The Morgan fingerprint density at radius 1 is 0.920 bits per heavy atom. The van der Waals surface area contributed by atoms with Crippen molar-refractivity contribution in [3.8, 4) is 6.07 Å². The zero-order valence-corrected chi connectivity index (χ0v) is 13.7. The number of nitrogens with one attached hydrogen (secondary N) is 2. The van der Waals surface area contributed by atoms with Gasteiger partial charge in [-0.3, -0.25) is 10.2 Å². The number of amides is 1. The molecule has 0 aromatic heterocycles. The molecule has 0 aliphatic carbocycles. The molecule has 0 radical (unpaired) electrons. The van der Waals surface area contributed by atoms with Crippen LogP contribution in [0.25, 0.3) is 10.8 Å². The highest BCUT2D eigenvalue weighted by molar-refractivity contribution is 7.89. The van der Waals surface area contributed by atoms with Gasteiger partial charge in [0.1, 0.15) is 0 Å². The SMILES string of the molecule is N#Cc1ccc(C(=O)NNS(=O)(=O)c2ccc3ccccc3c2)cc1. The van der Waals surface area contributed by atoms with Gasteiger partial charge in [-0.1, -0.05) is 30.3 Å². The molecule has 124 valence electrons. The summed E-state index contributed by atoms with van der Waals surface area (Å²) in [6, 6.07) is 19.9. The Balaban J connectivity index is 1.76. The van der Waals surface area contributed by atoms with Crippen LogP contribution in [0.4, 0.5) is 0 Å². The number of rotatable bonds is 4. The summed E-state index contributed by atoms with van der Waals surface area (Å²) in [5, 5.41) is 10.4. The first-order valence-corrected chi connectivity index (χ1v) is 8.79. The van der Waals surface area contributed by atoms with E-state index < -0.39 is 15.9 Å². The normalized spacial score (nSPS) is 11.0. The Bertz CT molecular complexity index is 1080. The van der Waals surface area contributed by atoms with Gasteiger partial charge in [-0.15, -0.1) is 4.83 Å². The van der Waals surface area contributed by atoms with Gasteiger partial charge in [-0.2, -0.15) is 5.26 Å². The first kappa shape index (κ1) is 16.6. The van der Waals surface area contributed by atoms with Crippen LogP contribution in [0.2, 0.25) is 0 Å². The van der Waals surface area contributed by atoms with Crippen molar-refractivity contribution in [1.82, 2.24) is 10.3 Å². The molecule has 0 bridgehead atoms. The van der Waals surface area contributed by atoms with E-state index in [1.165, 1.54) is 36.4 Å². The molecule has 0 spiro atoms. The summed E-state index contributed by atoms with van der Waals surface area (Å²) in [5.74, 6) is -0.617. The fourth-order valence-corrected chi connectivity index (χ4v) is 3.15. The first-order chi connectivity index (χ1) is 12.0. The van der Waals surface area contributed by atoms with Gasteiger partial charge < -0.3 is 0 Å². The second-order valence-electron chi connectivity index (χ2n) is 5.26. The summed E-state index contributed by atoms with van der Waals surface area (Å²) in [5.41, 5.74) is 2.81. The Kier molecular flexibility index (Phi) is 4.48. The quantitative estimate of drug-likeness (QED) is 0.705. The van der Waals surface area contributed by atoms with Crippen molar-refractivity contribution in [3.63, 3.8) is 0 Å². The molecule has 0 unspecified atom stereocenters. The van der Waals surface area contributed by atoms with E-state index in [9.17, 15) is 13.2 Å². The lowest BCUT2D eigenvalue weighted by molar-refractivity contribution is 0.0945. The van der Waals surface area contributed by atoms with Crippen molar-refractivity contribution >= 4 is 26.7 Å². The second kappa shape index (κ2) is 6.73. The Hall–Kier alpha value is -3.21. The summed E-state index contributed by atoms with van der Waals surface area (Å²) in [4.78, 5) is 14.1. The first-order valence-electron chi connectivity index (χ1n) is 7.31.